The van der Waals surface area contributed by atoms with E-state index in [0.29, 0.717) is 11.3 Å². The van der Waals surface area contributed by atoms with E-state index in [1.165, 1.54) is 11.0 Å². The van der Waals surface area contributed by atoms with Crippen molar-refractivity contribution in [3.05, 3.63) is 58.7 Å². The zero-order chi connectivity index (χ0) is 20.0. The smallest absolute Gasteiger partial charge is 0.342 e. The van der Waals surface area contributed by atoms with Crippen molar-refractivity contribution in [2.45, 2.75) is 27.2 Å². The Balaban J connectivity index is 2.15. The Morgan fingerprint density at radius 1 is 1.15 bits per heavy atom. The molecule has 0 saturated heterocycles. The molecule has 0 fully saturated rings. The maximum atomic E-state index is 12.6. The van der Waals surface area contributed by atoms with Crippen LogP contribution in [0.15, 0.2) is 36.4 Å². The molecule has 6 heteroatoms. The highest BCUT2D eigenvalue weighted by Gasteiger charge is 2.20. The zero-order valence-electron chi connectivity index (χ0n) is 15.7. The van der Waals surface area contributed by atoms with E-state index in [4.69, 9.17) is 10.00 Å². The van der Waals surface area contributed by atoms with Crippen LogP contribution < -0.4 is 4.90 Å². The fraction of sp³-hybridized carbons (Fsp3) is 0.286. The van der Waals surface area contributed by atoms with Crippen molar-refractivity contribution in [3.8, 4) is 11.8 Å². The van der Waals surface area contributed by atoms with Gasteiger partial charge in [0.05, 0.1) is 12.5 Å². The van der Waals surface area contributed by atoms with E-state index in [9.17, 15) is 14.7 Å². The van der Waals surface area contributed by atoms with Crippen LogP contribution in [0.5, 0.6) is 5.75 Å². The Hall–Kier alpha value is -3.33. The van der Waals surface area contributed by atoms with Gasteiger partial charge in [0.2, 0.25) is 0 Å². The van der Waals surface area contributed by atoms with Gasteiger partial charge in [-0.2, -0.15) is 5.26 Å². The molecule has 0 unspecified atom stereocenters. The third-order valence-corrected chi connectivity index (χ3v) is 4.05. The molecule has 0 atom stereocenters. The molecule has 6 nitrogen and oxygen atoms in total. The first-order valence-electron chi connectivity index (χ1n) is 8.54. The molecule has 0 aliphatic rings. The molecule has 0 aromatic heterocycles. The van der Waals surface area contributed by atoms with Gasteiger partial charge < -0.3 is 14.7 Å². The maximum absolute atomic E-state index is 12.6. The van der Waals surface area contributed by atoms with Gasteiger partial charge in [-0.05, 0) is 55.7 Å². The third-order valence-electron chi connectivity index (χ3n) is 4.05. The molecule has 0 saturated carbocycles. The average molecular weight is 366 g/mol. The highest BCUT2D eigenvalue weighted by molar-refractivity contribution is 5.98. The number of benzene rings is 2. The second kappa shape index (κ2) is 8.86. The summed E-state index contributed by atoms with van der Waals surface area (Å²) in [4.78, 5) is 26.3. The first-order valence-corrected chi connectivity index (χ1v) is 8.54. The predicted molar refractivity (Wildman–Crippen MR) is 102 cm³/mol. The van der Waals surface area contributed by atoms with Crippen LogP contribution in [0.1, 0.15) is 33.5 Å². The van der Waals surface area contributed by atoms with Crippen molar-refractivity contribution in [3.63, 3.8) is 0 Å². The number of aryl methyl sites for hydroxylation is 3. The lowest BCUT2D eigenvalue weighted by molar-refractivity contribution is -0.121. The minimum atomic E-state index is -0.773. The van der Waals surface area contributed by atoms with E-state index in [1.54, 1.807) is 19.1 Å². The number of ether oxygens (including phenoxy) is 1. The number of carbonyl (C=O) groups is 2. The largest absolute Gasteiger partial charge is 0.507 e. The molecular weight excluding hydrogens is 344 g/mol. The fourth-order valence-electron chi connectivity index (χ4n) is 2.77. The number of para-hydroxylation sites is 1. The molecule has 0 aliphatic heterocycles. The number of hydrogen-bond acceptors (Lipinski definition) is 5. The summed E-state index contributed by atoms with van der Waals surface area (Å²) in [5, 5.41) is 18.8. The summed E-state index contributed by atoms with van der Waals surface area (Å²) in [5.74, 6) is -1.37. The monoisotopic (exact) mass is 366 g/mol. The number of carbonyl (C=O) groups excluding carboxylic acids is 2. The van der Waals surface area contributed by atoms with Crippen molar-refractivity contribution < 1.29 is 19.4 Å². The zero-order valence-corrected chi connectivity index (χ0v) is 15.7. The summed E-state index contributed by atoms with van der Waals surface area (Å²) < 4.78 is 5.10. The number of aromatic hydroxyl groups is 1. The first-order chi connectivity index (χ1) is 12.8. The van der Waals surface area contributed by atoms with Crippen molar-refractivity contribution >= 4 is 17.6 Å². The summed E-state index contributed by atoms with van der Waals surface area (Å²) in [6, 6.07) is 12.4. The minimum Gasteiger partial charge on any atom is -0.507 e. The van der Waals surface area contributed by atoms with Gasteiger partial charge in [-0.1, -0.05) is 18.2 Å². The summed E-state index contributed by atoms with van der Waals surface area (Å²) in [6.07, 6.45) is 0.158. The molecule has 0 spiro atoms. The van der Waals surface area contributed by atoms with Gasteiger partial charge in [0.1, 0.15) is 11.3 Å². The van der Waals surface area contributed by atoms with Crippen molar-refractivity contribution in [1.82, 2.24) is 0 Å². The van der Waals surface area contributed by atoms with Crippen molar-refractivity contribution in [1.29, 1.82) is 5.26 Å². The highest BCUT2D eigenvalue weighted by Crippen LogP contribution is 2.23. The molecule has 2 aromatic rings. The lowest BCUT2D eigenvalue weighted by Crippen LogP contribution is -2.35. The van der Waals surface area contributed by atoms with Gasteiger partial charge in [-0.15, -0.1) is 0 Å². The van der Waals surface area contributed by atoms with Gasteiger partial charge in [0, 0.05) is 12.2 Å². The standard InChI is InChI=1S/C21H22N2O4/c1-14-10-15(2)12-17(11-14)23(9-5-8-22)19(24)13-27-21(26)18-7-4-6-16(3)20(18)25/h4,6-7,10-12,25H,5,9,13H2,1-3H3. The topological polar surface area (TPSA) is 90.6 Å². The number of phenols is 1. The number of nitriles is 1. The fourth-order valence-corrected chi connectivity index (χ4v) is 2.77. The quantitative estimate of drug-likeness (QED) is 0.791. The normalized spacial score (nSPS) is 10.1. The number of anilines is 1. The van der Waals surface area contributed by atoms with Crippen LogP contribution in [0.25, 0.3) is 0 Å². The van der Waals surface area contributed by atoms with Crippen LogP contribution in [0.2, 0.25) is 0 Å². The Morgan fingerprint density at radius 3 is 2.44 bits per heavy atom. The molecule has 2 aromatic carbocycles. The lowest BCUT2D eigenvalue weighted by Gasteiger charge is -2.22. The number of hydrogen-bond donors (Lipinski definition) is 1. The Bertz CT molecular complexity index is 879. The lowest BCUT2D eigenvalue weighted by atomic mass is 10.1. The van der Waals surface area contributed by atoms with E-state index in [2.05, 4.69) is 0 Å². The van der Waals surface area contributed by atoms with Crippen LogP contribution in [0.4, 0.5) is 5.69 Å². The molecule has 2 rings (SSSR count). The second-order valence-corrected chi connectivity index (χ2v) is 6.35. The summed E-state index contributed by atoms with van der Waals surface area (Å²) >= 11 is 0. The van der Waals surface area contributed by atoms with Crippen LogP contribution in [0, 0.1) is 32.1 Å². The maximum Gasteiger partial charge on any atom is 0.342 e. The molecule has 0 aliphatic carbocycles. The predicted octanol–water partition coefficient (Wildman–Crippen LogP) is 3.42. The molecule has 1 amide bonds. The van der Waals surface area contributed by atoms with Crippen molar-refractivity contribution in [2.75, 3.05) is 18.1 Å². The molecular formula is C21H22N2O4. The number of amides is 1. The van der Waals surface area contributed by atoms with Gasteiger partial charge >= 0.3 is 5.97 Å². The van der Waals surface area contributed by atoms with E-state index in [-0.39, 0.29) is 24.3 Å². The van der Waals surface area contributed by atoms with Gasteiger partial charge in [-0.25, -0.2) is 4.79 Å². The van der Waals surface area contributed by atoms with E-state index >= 15 is 0 Å². The number of phenolic OH excluding ortho intramolecular Hbond substituents is 1. The van der Waals surface area contributed by atoms with Crippen molar-refractivity contribution in [2.24, 2.45) is 0 Å². The third kappa shape index (κ3) is 5.08. The number of esters is 1. The number of nitrogens with zero attached hydrogens (tertiary/aromatic N) is 2. The van der Waals surface area contributed by atoms with Crippen LogP contribution >= 0.6 is 0 Å². The van der Waals surface area contributed by atoms with E-state index in [1.807, 2.05) is 38.1 Å². The first kappa shape index (κ1) is 20.0. The average Bonchev–Trinajstić information content (AvgIpc) is 2.61. The highest BCUT2D eigenvalue weighted by atomic mass is 16.5. The minimum absolute atomic E-state index is 0.0118. The van der Waals surface area contributed by atoms with Gasteiger partial charge in [0.25, 0.3) is 5.91 Å². The number of rotatable bonds is 6. The van der Waals surface area contributed by atoms with Crippen LogP contribution in [-0.4, -0.2) is 30.1 Å². The molecule has 0 bridgehead atoms. The summed E-state index contributed by atoms with van der Waals surface area (Å²) in [5.41, 5.74) is 3.18. The second-order valence-electron chi connectivity index (χ2n) is 6.35. The summed E-state index contributed by atoms with van der Waals surface area (Å²) in [6.45, 7) is 5.23. The Labute approximate surface area is 158 Å². The van der Waals surface area contributed by atoms with Crippen LogP contribution in [0.3, 0.4) is 0 Å². The van der Waals surface area contributed by atoms with E-state index in [0.717, 1.165) is 11.1 Å². The molecule has 140 valence electrons. The van der Waals surface area contributed by atoms with Crippen LogP contribution in [-0.2, 0) is 9.53 Å². The Morgan fingerprint density at radius 2 is 1.81 bits per heavy atom. The molecule has 1 N–H and O–H groups in total. The van der Waals surface area contributed by atoms with E-state index < -0.39 is 18.5 Å². The molecule has 0 heterocycles. The SMILES string of the molecule is Cc1cc(C)cc(N(CCC#N)C(=O)COC(=O)c2cccc(C)c2O)c1. The molecule has 27 heavy (non-hydrogen) atoms. The van der Waals surface area contributed by atoms with Gasteiger partial charge in [-0.3, -0.25) is 4.79 Å². The summed E-state index contributed by atoms with van der Waals surface area (Å²) in [7, 11) is 0. The molecule has 0 radical (unpaired) electrons. The van der Waals surface area contributed by atoms with Gasteiger partial charge in [0.15, 0.2) is 6.61 Å². The Kier molecular flexibility index (Phi) is 6.56.